The Bertz CT molecular complexity index is 485. The lowest BCUT2D eigenvalue weighted by molar-refractivity contribution is -0.124. The number of hydrogen-bond acceptors (Lipinski definition) is 5. The number of ether oxygens (including phenoxy) is 2. The van der Waals surface area contributed by atoms with Gasteiger partial charge in [-0.2, -0.15) is 0 Å². The van der Waals surface area contributed by atoms with E-state index in [0.29, 0.717) is 6.61 Å². The van der Waals surface area contributed by atoms with Gasteiger partial charge in [-0.1, -0.05) is 30.3 Å². The molecule has 0 unspecified atom stereocenters. The standard InChI is InChI=1S/C15H23N3O4/c1-15(2,3)22-14(20)17-12(13(19)18-16)10-21-9-11-7-5-4-6-8-11/h4-8,12H,9-10,16H2,1-3H3,(H,17,20)(H,18,19)/t12-/m0/s1. The van der Waals surface area contributed by atoms with Crippen molar-refractivity contribution < 1.29 is 19.1 Å². The van der Waals surface area contributed by atoms with Crippen LogP contribution in [0.3, 0.4) is 0 Å². The number of carbonyl (C=O) groups is 2. The zero-order chi connectivity index (χ0) is 16.6. The van der Waals surface area contributed by atoms with Crippen molar-refractivity contribution in [3.05, 3.63) is 35.9 Å². The molecule has 7 heteroatoms. The fourth-order valence-electron chi connectivity index (χ4n) is 1.60. The van der Waals surface area contributed by atoms with Gasteiger partial charge in [0, 0.05) is 0 Å². The van der Waals surface area contributed by atoms with Gasteiger partial charge in [-0.15, -0.1) is 0 Å². The van der Waals surface area contributed by atoms with Crippen molar-refractivity contribution in [2.24, 2.45) is 5.84 Å². The van der Waals surface area contributed by atoms with Crippen molar-refractivity contribution in [2.45, 2.75) is 39.0 Å². The number of nitrogens with one attached hydrogen (secondary N) is 2. The maximum absolute atomic E-state index is 11.7. The first-order valence-corrected chi connectivity index (χ1v) is 6.93. The van der Waals surface area contributed by atoms with Crippen LogP contribution in [0.15, 0.2) is 30.3 Å². The SMILES string of the molecule is CC(C)(C)OC(=O)N[C@@H](COCc1ccccc1)C(=O)NN. The second kappa shape index (κ2) is 8.35. The Morgan fingerprint density at radius 2 is 1.86 bits per heavy atom. The summed E-state index contributed by atoms with van der Waals surface area (Å²) in [5, 5.41) is 2.43. The maximum Gasteiger partial charge on any atom is 0.408 e. The Balaban J connectivity index is 2.50. The highest BCUT2D eigenvalue weighted by atomic mass is 16.6. The van der Waals surface area contributed by atoms with Gasteiger partial charge in [-0.3, -0.25) is 10.2 Å². The van der Waals surface area contributed by atoms with E-state index in [0.717, 1.165) is 5.56 Å². The fourth-order valence-corrected chi connectivity index (χ4v) is 1.60. The van der Waals surface area contributed by atoms with E-state index in [9.17, 15) is 9.59 Å². The molecule has 1 rings (SSSR count). The molecule has 0 aliphatic carbocycles. The van der Waals surface area contributed by atoms with Crippen molar-refractivity contribution >= 4 is 12.0 Å². The van der Waals surface area contributed by atoms with Gasteiger partial charge in [0.1, 0.15) is 11.6 Å². The highest BCUT2D eigenvalue weighted by molar-refractivity contribution is 5.85. The molecule has 22 heavy (non-hydrogen) atoms. The van der Waals surface area contributed by atoms with Gasteiger partial charge in [0.2, 0.25) is 0 Å². The smallest absolute Gasteiger partial charge is 0.408 e. The van der Waals surface area contributed by atoms with Crippen LogP contribution in [0.4, 0.5) is 4.79 Å². The molecule has 0 saturated carbocycles. The predicted octanol–water partition coefficient (Wildman–Crippen LogP) is 1.09. The summed E-state index contributed by atoms with van der Waals surface area (Å²) in [6, 6.07) is 8.56. The third-order valence-electron chi connectivity index (χ3n) is 2.55. The number of benzene rings is 1. The summed E-state index contributed by atoms with van der Waals surface area (Å²) in [4.78, 5) is 23.4. The number of hydrazine groups is 1. The van der Waals surface area contributed by atoms with Crippen LogP contribution in [0.25, 0.3) is 0 Å². The van der Waals surface area contributed by atoms with E-state index in [1.807, 2.05) is 35.8 Å². The van der Waals surface area contributed by atoms with Crippen LogP contribution in [0, 0.1) is 0 Å². The molecule has 0 spiro atoms. The van der Waals surface area contributed by atoms with E-state index in [2.05, 4.69) is 5.32 Å². The molecular formula is C15H23N3O4. The largest absolute Gasteiger partial charge is 0.444 e. The number of hydrogen-bond donors (Lipinski definition) is 3. The second-order valence-electron chi connectivity index (χ2n) is 5.71. The summed E-state index contributed by atoms with van der Waals surface area (Å²) in [6.45, 7) is 5.51. The van der Waals surface area contributed by atoms with E-state index in [1.165, 1.54) is 0 Å². The molecule has 0 bridgehead atoms. The Labute approximate surface area is 130 Å². The molecule has 0 fully saturated rings. The molecule has 0 heterocycles. The summed E-state index contributed by atoms with van der Waals surface area (Å²) >= 11 is 0. The van der Waals surface area contributed by atoms with Crippen molar-refractivity contribution in [2.75, 3.05) is 6.61 Å². The van der Waals surface area contributed by atoms with Crippen LogP contribution in [-0.2, 0) is 20.9 Å². The summed E-state index contributed by atoms with van der Waals surface area (Å²) in [6.07, 6.45) is -0.704. The van der Waals surface area contributed by atoms with E-state index < -0.39 is 23.6 Å². The zero-order valence-corrected chi connectivity index (χ0v) is 13.1. The van der Waals surface area contributed by atoms with Gasteiger partial charge in [-0.05, 0) is 26.3 Å². The molecule has 0 aromatic heterocycles. The molecule has 0 aliphatic rings. The lowest BCUT2D eigenvalue weighted by Crippen LogP contribution is -2.52. The highest BCUT2D eigenvalue weighted by Crippen LogP contribution is 2.07. The van der Waals surface area contributed by atoms with E-state index >= 15 is 0 Å². The molecule has 1 atom stereocenters. The first kappa shape index (κ1) is 17.9. The minimum atomic E-state index is -0.927. The average molecular weight is 309 g/mol. The van der Waals surface area contributed by atoms with Gasteiger partial charge in [0.15, 0.2) is 0 Å². The van der Waals surface area contributed by atoms with E-state index in [-0.39, 0.29) is 6.61 Å². The molecule has 0 radical (unpaired) electrons. The Hall–Kier alpha value is -2.12. The summed E-state index contributed by atoms with van der Waals surface area (Å²) in [5.74, 6) is 4.55. The highest BCUT2D eigenvalue weighted by Gasteiger charge is 2.24. The molecule has 4 N–H and O–H groups in total. The number of amides is 2. The van der Waals surface area contributed by atoms with Crippen molar-refractivity contribution in [3.8, 4) is 0 Å². The van der Waals surface area contributed by atoms with Crippen LogP contribution in [0.1, 0.15) is 26.3 Å². The molecule has 0 aliphatic heterocycles. The first-order chi connectivity index (χ1) is 10.3. The lowest BCUT2D eigenvalue weighted by Gasteiger charge is -2.22. The van der Waals surface area contributed by atoms with Crippen LogP contribution < -0.4 is 16.6 Å². The number of nitrogens with two attached hydrogens (primary N) is 1. The quantitative estimate of drug-likeness (QED) is 0.414. The minimum Gasteiger partial charge on any atom is -0.444 e. The Morgan fingerprint density at radius 1 is 1.23 bits per heavy atom. The monoisotopic (exact) mass is 309 g/mol. The van der Waals surface area contributed by atoms with Gasteiger partial charge < -0.3 is 14.8 Å². The van der Waals surface area contributed by atoms with Crippen molar-refractivity contribution in [1.29, 1.82) is 0 Å². The molecule has 1 aromatic carbocycles. The minimum absolute atomic E-state index is 0.0167. The van der Waals surface area contributed by atoms with E-state index in [4.69, 9.17) is 15.3 Å². The molecule has 2 amide bonds. The van der Waals surface area contributed by atoms with Gasteiger partial charge in [0.05, 0.1) is 13.2 Å². The summed E-state index contributed by atoms with van der Waals surface area (Å²) < 4.78 is 10.6. The molecule has 122 valence electrons. The predicted molar refractivity (Wildman–Crippen MR) is 81.6 cm³/mol. The number of alkyl carbamates (subject to hydrolysis) is 1. The number of rotatable bonds is 6. The average Bonchev–Trinajstić information content (AvgIpc) is 2.44. The first-order valence-electron chi connectivity index (χ1n) is 6.93. The Morgan fingerprint density at radius 3 is 2.41 bits per heavy atom. The van der Waals surface area contributed by atoms with Crippen LogP contribution >= 0.6 is 0 Å². The molecule has 0 saturated heterocycles. The third kappa shape index (κ3) is 7.05. The normalized spacial score (nSPS) is 12.4. The van der Waals surface area contributed by atoms with Crippen LogP contribution in [0.2, 0.25) is 0 Å². The molecule has 1 aromatic rings. The van der Waals surface area contributed by atoms with Crippen LogP contribution in [0.5, 0.6) is 0 Å². The topological polar surface area (TPSA) is 103 Å². The molecule has 7 nitrogen and oxygen atoms in total. The van der Waals surface area contributed by atoms with Gasteiger partial charge >= 0.3 is 6.09 Å². The van der Waals surface area contributed by atoms with Crippen molar-refractivity contribution in [1.82, 2.24) is 10.7 Å². The number of carbonyl (C=O) groups excluding carboxylic acids is 2. The fraction of sp³-hybridized carbons (Fsp3) is 0.467. The Kier molecular flexibility index (Phi) is 6.81. The van der Waals surface area contributed by atoms with Crippen LogP contribution in [-0.4, -0.2) is 30.3 Å². The van der Waals surface area contributed by atoms with Crippen molar-refractivity contribution in [3.63, 3.8) is 0 Å². The lowest BCUT2D eigenvalue weighted by atomic mass is 10.2. The van der Waals surface area contributed by atoms with E-state index in [1.54, 1.807) is 20.8 Å². The summed E-state index contributed by atoms with van der Waals surface area (Å²) in [5.41, 5.74) is 2.30. The molecular weight excluding hydrogens is 286 g/mol. The van der Waals surface area contributed by atoms with Gasteiger partial charge in [-0.25, -0.2) is 10.6 Å². The maximum atomic E-state index is 11.7. The summed E-state index contributed by atoms with van der Waals surface area (Å²) in [7, 11) is 0. The zero-order valence-electron chi connectivity index (χ0n) is 13.1. The second-order valence-corrected chi connectivity index (χ2v) is 5.71. The van der Waals surface area contributed by atoms with Gasteiger partial charge in [0.25, 0.3) is 5.91 Å². The third-order valence-corrected chi connectivity index (χ3v) is 2.55.